The molecule has 30 heavy (non-hydrogen) atoms. The number of anilines is 1. The van der Waals surface area contributed by atoms with E-state index >= 15 is 0 Å². The number of nitrogens with one attached hydrogen (secondary N) is 1. The fraction of sp³-hybridized carbons (Fsp3) is 0.261. The molecule has 1 aromatic heterocycles. The summed E-state index contributed by atoms with van der Waals surface area (Å²) in [4.78, 5) is 27.7. The molecule has 4 rings (SSSR count). The van der Waals surface area contributed by atoms with Gasteiger partial charge in [0.15, 0.2) is 0 Å². The molecule has 7 heteroatoms. The van der Waals surface area contributed by atoms with Gasteiger partial charge in [-0.25, -0.2) is 4.68 Å². The van der Waals surface area contributed by atoms with Crippen LogP contribution in [0.25, 0.3) is 0 Å². The molecule has 1 aliphatic heterocycles. The number of carbonyl (C=O) groups excluding carboxylic acids is 2. The molecule has 0 radical (unpaired) electrons. The number of aryl methyl sites for hydroxylation is 1. The predicted octanol–water partition coefficient (Wildman–Crippen LogP) is 3.51. The van der Waals surface area contributed by atoms with Crippen LogP contribution in [0.2, 0.25) is 0 Å². The Labute approximate surface area is 180 Å². The number of thioether (sulfide) groups is 1. The van der Waals surface area contributed by atoms with Gasteiger partial charge in [0, 0.05) is 29.5 Å². The van der Waals surface area contributed by atoms with Crippen molar-refractivity contribution in [1.29, 1.82) is 0 Å². The van der Waals surface area contributed by atoms with Gasteiger partial charge >= 0.3 is 0 Å². The summed E-state index contributed by atoms with van der Waals surface area (Å²) < 4.78 is 1.85. The van der Waals surface area contributed by atoms with Crippen LogP contribution in [0.3, 0.4) is 0 Å². The van der Waals surface area contributed by atoms with Gasteiger partial charge in [0.2, 0.25) is 5.91 Å². The summed E-state index contributed by atoms with van der Waals surface area (Å²) in [5, 5.41) is 7.22. The number of carbonyl (C=O) groups is 2. The Balaban J connectivity index is 1.32. The number of aromatic nitrogens is 2. The molecule has 154 valence electrons. The van der Waals surface area contributed by atoms with Crippen molar-refractivity contribution in [2.45, 2.75) is 30.8 Å². The molecule has 0 saturated carbocycles. The minimum absolute atomic E-state index is 0.0885. The number of amides is 2. The number of hydrogen-bond donors (Lipinski definition) is 1. The third kappa shape index (κ3) is 4.57. The quantitative estimate of drug-likeness (QED) is 0.594. The summed E-state index contributed by atoms with van der Waals surface area (Å²) in [7, 11) is 0. The number of rotatable bonds is 7. The van der Waals surface area contributed by atoms with Crippen LogP contribution < -0.4 is 10.2 Å². The van der Waals surface area contributed by atoms with Crippen molar-refractivity contribution in [2.24, 2.45) is 0 Å². The van der Waals surface area contributed by atoms with Crippen LogP contribution in [0.1, 0.15) is 27.9 Å². The van der Waals surface area contributed by atoms with E-state index in [0.29, 0.717) is 31.6 Å². The second-order valence-corrected chi connectivity index (χ2v) is 8.07. The summed E-state index contributed by atoms with van der Waals surface area (Å²) >= 11 is 1.72. The maximum atomic E-state index is 12.4. The zero-order valence-corrected chi connectivity index (χ0v) is 17.7. The molecule has 1 N–H and O–H groups in total. The molecule has 0 aliphatic carbocycles. The molecule has 0 unspecified atom stereocenters. The van der Waals surface area contributed by atoms with E-state index < -0.39 is 0 Å². The van der Waals surface area contributed by atoms with Crippen LogP contribution in [-0.4, -0.2) is 34.4 Å². The van der Waals surface area contributed by atoms with Gasteiger partial charge in [0.05, 0.1) is 19.3 Å². The molecular formula is C23H24N4O2S. The SMILES string of the molecule is CSc1ccc(CCNC(=O)c2ccc(CN3C(=O)CCn4nccc43)cc2)cc1. The number of nitrogens with zero attached hydrogens (tertiary/aromatic N) is 3. The van der Waals surface area contributed by atoms with Crippen molar-refractivity contribution in [2.75, 3.05) is 17.7 Å². The lowest BCUT2D eigenvalue weighted by Crippen LogP contribution is -2.36. The lowest BCUT2D eigenvalue weighted by Gasteiger charge is -2.27. The first-order valence-electron chi connectivity index (χ1n) is 9.96. The van der Waals surface area contributed by atoms with Gasteiger partial charge in [-0.3, -0.25) is 14.5 Å². The summed E-state index contributed by atoms with van der Waals surface area (Å²) in [6, 6.07) is 17.7. The van der Waals surface area contributed by atoms with E-state index in [1.165, 1.54) is 10.5 Å². The normalized spacial score (nSPS) is 13.2. The number of hydrogen-bond acceptors (Lipinski definition) is 4. The van der Waals surface area contributed by atoms with Gasteiger partial charge in [-0.15, -0.1) is 11.8 Å². The van der Waals surface area contributed by atoms with E-state index in [2.05, 4.69) is 40.9 Å². The second-order valence-electron chi connectivity index (χ2n) is 7.19. The maximum absolute atomic E-state index is 12.4. The van der Waals surface area contributed by atoms with Crippen LogP contribution in [0.5, 0.6) is 0 Å². The fourth-order valence-corrected chi connectivity index (χ4v) is 3.93. The average molecular weight is 421 g/mol. The Kier molecular flexibility index (Phi) is 6.18. The smallest absolute Gasteiger partial charge is 0.251 e. The Morgan fingerprint density at radius 2 is 1.80 bits per heavy atom. The van der Waals surface area contributed by atoms with Crippen LogP contribution in [0.4, 0.5) is 5.82 Å². The molecule has 0 atom stereocenters. The highest BCUT2D eigenvalue weighted by atomic mass is 32.2. The van der Waals surface area contributed by atoms with E-state index in [1.807, 2.05) is 35.0 Å². The zero-order chi connectivity index (χ0) is 20.9. The number of benzene rings is 2. The topological polar surface area (TPSA) is 67.2 Å². The summed E-state index contributed by atoms with van der Waals surface area (Å²) in [6.07, 6.45) is 5.02. The molecular weight excluding hydrogens is 396 g/mol. The monoisotopic (exact) mass is 420 g/mol. The van der Waals surface area contributed by atoms with E-state index in [9.17, 15) is 9.59 Å². The van der Waals surface area contributed by atoms with Crippen molar-refractivity contribution in [3.63, 3.8) is 0 Å². The van der Waals surface area contributed by atoms with E-state index in [0.717, 1.165) is 17.8 Å². The molecule has 0 bridgehead atoms. The molecule has 0 fully saturated rings. The standard InChI is InChI=1S/C23H24N4O2S/c1-30-20-8-4-17(5-9-20)10-13-24-23(29)19-6-2-18(3-7-19)16-26-21-11-14-25-27(21)15-12-22(26)28/h2-9,11,14H,10,12-13,15-16H2,1H3,(H,24,29). The highest BCUT2D eigenvalue weighted by molar-refractivity contribution is 7.98. The third-order valence-corrected chi connectivity index (χ3v) is 5.97. The average Bonchev–Trinajstić information content (AvgIpc) is 3.26. The van der Waals surface area contributed by atoms with Gasteiger partial charge in [-0.1, -0.05) is 24.3 Å². The highest BCUT2D eigenvalue weighted by Crippen LogP contribution is 2.23. The predicted molar refractivity (Wildman–Crippen MR) is 119 cm³/mol. The Bertz CT molecular complexity index is 1030. The maximum Gasteiger partial charge on any atom is 0.251 e. The number of fused-ring (bicyclic) bond motifs is 1. The van der Waals surface area contributed by atoms with Crippen LogP contribution in [0.15, 0.2) is 65.7 Å². The van der Waals surface area contributed by atoms with E-state index in [-0.39, 0.29) is 11.8 Å². The summed E-state index contributed by atoms with van der Waals surface area (Å²) in [6.45, 7) is 1.68. The third-order valence-electron chi connectivity index (χ3n) is 5.22. The molecule has 0 saturated heterocycles. The van der Waals surface area contributed by atoms with Crippen LogP contribution >= 0.6 is 11.8 Å². The van der Waals surface area contributed by atoms with Crippen molar-refractivity contribution < 1.29 is 9.59 Å². The summed E-state index contributed by atoms with van der Waals surface area (Å²) in [5.41, 5.74) is 2.80. The highest BCUT2D eigenvalue weighted by Gasteiger charge is 2.24. The first kappa shape index (κ1) is 20.2. The summed E-state index contributed by atoms with van der Waals surface area (Å²) in [5.74, 6) is 0.823. The fourth-order valence-electron chi connectivity index (χ4n) is 3.52. The van der Waals surface area contributed by atoms with Gasteiger partial charge in [-0.05, 0) is 48.1 Å². The van der Waals surface area contributed by atoms with Gasteiger partial charge in [0.25, 0.3) is 5.91 Å². The van der Waals surface area contributed by atoms with Gasteiger partial charge < -0.3 is 5.32 Å². The largest absolute Gasteiger partial charge is 0.352 e. The zero-order valence-electron chi connectivity index (χ0n) is 16.9. The molecule has 1 aliphatic rings. The first-order valence-corrected chi connectivity index (χ1v) is 11.2. The van der Waals surface area contributed by atoms with Crippen molar-refractivity contribution in [3.05, 3.63) is 77.5 Å². The van der Waals surface area contributed by atoms with Gasteiger partial charge in [-0.2, -0.15) is 5.10 Å². The van der Waals surface area contributed by atoms with Crippen molar-refractivity contribution >= 4 is 29.4 Å². The lowest BCUT2D eigenvalue weighted by atomic mass is 10.1. The van der Waals surface area contributed by atoms with Crippen LogP contribution in [0, 0.1) is 0 Å². The van der Waals surface area contributed by atoms with E-state index in [4.69, 9.17) is 0 Å². The molecule has 2 amide bonds. The van der Waals surface area contributed by atoms with Crippen LogP contribution in [-0.2, 0) is 24.3 Å². The Morgan fingerprint density at radius 1 is 1.07 bits per heavy atom. The van der Waals surface area contributed by atoms with Crippen molar-refractivity contribution in [3.8, 4) is 0 Å². The minimum Gasteiger partial charge on any atom is -0.352 e. The minimum atomic E-state index is -0.0885. The Hall–Kier alpha value is -3.06. The van der Waals surface area contributed by atoms with E-state index in [1.54, 1.807) is 22.9 Å². The molecule has 2 heterocycles. The molecule has 0 spiro atoms. The lowest BCUT2D eigenvalue weighted by molar-refractivity contribution is -0.119. The first-order chi connectivity index (χ1) is 14.6. The second kappa shape index (κ2) is 9.17. The van der Waals surface area contributed by atoms with Gasteiger partial charge in [0.1, 0.15) is 5.82 Å². The Morgan fingerprint density at radius 3 is 2.53 bits per heavy atom. The molecule has 3 aromatic rings. The van der Waals surface area contributed by atoms with Crippen molar-refractivity contribution in [1.82, 2.24) is 15.1 Å². The molecule has 2 aromatic carbocycles. The molecule has 6 nitrogen and oxygen atoms in total.